The summed E-state index contributed by atoms with van der Waals surface area (Å²) in [5.74, 6) is -2.80. The van der Waals surface area contributed by atoms with Crippen LogP contribution in [0.25, 0.3) is 0 Å². The minimum Gasteiger partial charge on any atom is -0.303 e. The second-order valence-electron chi connectivity index (χ2n) is 2.73. The molecule has 2 aliphatic heterocycles. The summed E-state index contributed by atoms with van der Waals surface area (Å²) in [6.45, 7) is 0. The van der Waals surface area contributed by atoms with E-state index in [1.54, 1.807) is 0 Å². The average molecular weight is 269 g/mol. The molecule has 0 saturated carbocycles. The SMILES string of the molecule is NC1(F)N=C(F)N=C2N=CN=C21.O=P(O)(O)O. The van der Waals surface area contributed by atoms with E-state index in [-0.39, 0.29) is 11.5 Å². The molecule has 0 bridgehead atoms. The Bertz CT molecular complexity index is 484. The second kappa shape index (κ2) is 4.47. The first kappa shape index (κ1) is 13.7. The smallest absolute Gasteiger partial charge is 0.303 e. The van der Waals surface area contributed by atoms with Gasteiger partial charge in [-0.2, -0.15) is 18.8 Å². The first-order valence-corrected chi connectivity index (χ1v) is 5.37. The first-order valence-electron chi connectivity index (χ1n) is 3.81. The Morgan fingerprint density at radius 3 is 2.47 bits per heavy atom. The number of nitrogens with two attached hydrogens (primary N) is 1. The van der Waals surface area contributed by atoms with Crippen LogP contribution in [0.1, 0.15) is 0 Å². The van der Waals surface area contributed by atoms with E-state index in [2.05, 4.69) is 20.0 Å². The van der Waals surface area contributed by atoms with E-state index in [0.29, 0.717) is 0 Å². The van der Waals surface area contributed by atoms with Crippen molar-refractivity contribution in [2.75, 3.05) is 0 Å². The predicted molar refractivity (Wildman–Crippen MR) is 54.2 cm³/mol. The number of hydrogen-bond acceptors (Lipinski definition) is 6. The van der Waals surface area contributed by atoms with Crippen molar-refractivity contribution < 1.29 is 28.0 Å². The highest BCUT2D eigenvalue weighted by Gasteiger charge is 2.39. The summed E-state index contributed by atoms with van der Waals surface area (Å²) in [7, 11) is -4.64. The molecule has 0 radical (unpaired) electrons. The topological polar surface area (TPSA) is 153 Å². The summed E-state index contributed by atoms with van der Waals surface area (Å²) >= 11 is 0. The molecule has 0 spiro atoms. The molecule has 0 aliphatic carbocycles. The van der Waals surface area contributed by atoms with Crippen molar-refractivity contribution in [3.05, 3.63) is 0 Å². The molecular weight excluding hydrogens is 263 g/mol. The molecule has 0 amide bonds. The third-order valence-corrected chi connectivity index (χ3v) is 1.36. The lowest BCUT2D eigenvalue weighted by Gasteiger charge is -2.17. The van der Waals surface area contributed by atoms with Crippen molar-refractivity contribution in [2.24, 2.45) is 25.7 Å². The number of phosphoric acid groups is 1. The molecule has 0 saturated heterocycles. The monoisotopic (exact) mass is 269 g/mol. The van der Waals surface area contributed by atoms with E-state index in [1.165, 1.54) is 0 Å². The maximum atomic E-state index is 13.1. The minimum absolute atomic E-state index is 0.160. The summed E-state index contributed by atoms with van der Waals surface area (Å²) in [5.41, 5.74) is 4.71. The van der Waals surface area contributed by atoms with Gasteiger partial charge in [-0.3, -0.25) is 5.73 Å². The van der Waals surface area contributed by atoms with E-state index in [9.17, 15) is 8.78 Å². The van der Waals surface area contributed by atoms with E-state index in [1.807, 2.05) is 0 Å². The van der Waals surface area contributed by atoms with Gasteiger partial charge in [0.1, 0.15) is 6.34 Å². The van der Waals surface area contributed by atoms with Crippen LogP contribution in [0.3, 0.4) is 0 Å². The molecule has 0 aromatic rings. The van der Waals surface area contributed by atoms with Crippen molar-refractivity contribution in [1.29, 1.82) is 0 Å². The standard InChI is InChI=1S/C5H3F2N5.H3O4P/c6-4-11-3-2(9-1-10-3)5(7,8)12-4;1-5(2,3)4/h1H,8H2;(H3,1,2,3,4). The highest BCUT2D eigenvalue weighted by atomic mass is 31.2. The van der Waals surface area contributed by atoms with Crippen LogP contribution in [0.4, 0.5) is 8.78 Å². The molecule has 1 atom stereocenters. The van der Waals surface area contributed by atoms with E-state index in [4.69, 9.17) is 25.0 Å². The first-order chi connectivity index (χ1) is 7.59. The van der Waals surface area contributed by atoms with Crippen molar-refractivity contribution >= 4 is 31.8 Å². The number of halogens is 2. The highest BCUT2D eigenvalue weighted by molar-refractivity contribution is 7.45. The van der Waals surface area contributed by atoms with Gasteiger partial charge in [-0.1, -0.05) is 0 Å². The zero-order valence-electron chi connectivity index (χ0n) is 7.90. The highest BCUT2D eigenvalue weighted by Crippen LogP contribution is 2.25. The van der Waals surface area contributed by atoms with Gasteiger partial charge in [-0.15, -0.1) is 0 Å². The van der Waals surface area contributed by atoms with Gasteiger partial charge < -0.3 is 14.7 Å². The molecule has 1 unspecified atom stereocenters. The molecule has 17 heavy (non-hydrogen) atoms. The number of hydrogen-bond donors (Lipinski definition) is 4. The number of aliphatic imine (C=N–C) groups is 4. The quantitative estimate of drug-likeness (QED) is 0.323. The van der Waals surface area contributed by atoms with Gasteiger partial charge in [-0.25, -0.2) is 14.5 Å². The largest absolute Gasteiger partial charge is 0.466 e. The summed E-state index contributed by atoms with van der Waals surface area (Å²) in [5, 5.41) is 0. The number of alkyl halides is 1. The lowest BCUT2D eigenvalue weighted by Crippen LogP contribution is -2.47. The van der Waals surface area contributed by atoms with Crippen molar-refractivity contribution in [2.45, 2.75) is 5.92 Å². The summed E-state index contributed by atoms with van der Waals surface area (Å²) < 4.78 is 34.4. The number of amidine groups is 2. The predicted octanol–water partition coefficient (Wildman–Crippen LogP) is -1.14. The van der Waals surface area contributed by atoms with Crippen LogP contribution in [0, 0.1) is 0 Å². The van der Waals surface area contributed by atoms with Gasteiger partial charge in [0, 0.05) is 0 Å². The molecule has 94 valence electrons. The van der Waals surface area contributed by atoms with Gasteiger partial charge in [-0.05, 0) is 0 Å². The lowest BCUT2D eigenvalue weighted by atomic mass is 10.2. The van der Waals surface area contributed by atoms with Crippen LogP contribution >= 0.6 is 7.82 Å². The Balaban J connectivity index is 0.000000249. The summed E-state index contributed by atoms with van der Waals surface area (Å²) in [4.78, 5) is 34.5. The van der Waals surface area contributed by atoms with Crippen molar-refractivity contribution in [1.82, 2.24) is 0 Å². The van der Waals surface area contributed by atoms with Crippen LogP contribution < -0.4 is 5.73 Å². The van der Waals surface area contributed by atoms with Gasteiger partial charge in [0.2, 0.25) is 0 Å². The molecule has 9 nitrogen and oxygen atoms in total. The third-order valence-electron chi connectivity index (χ3n) is 1.36. The maximum Gasteiger partial charge on any atom is 0.466 e. The van der Waals surface area contributed by atoms with Gasteiger partial charge in [0.05, 0.1) is 0 Å². The average Bonchev–Trinajstić information content (AvgIpc) is 2.46. The molecule has 12 heteroatoms. The molecule has 5 N–H and O–H groups in total. The van der Waals surface area contributed by atoms with Crippen LogP contribution in [-0.2, 0) is 4.57 Å². The van der Waals surface area contributed by atoms with Crippen LogP contribution in [0.2, 0.25) is 0 Å². The normalized spacial score (nSPS) is 26.4. The Hall–Kier alpha value is -1.39. The van der Waals surface area contributed by atoms with Crippen LogP contribution in [-0.4, -0.2) is 44.6 Å². The Morgan fingerprint density at radius 2 is 1.94 bits per heavy atom. The van der Waals surface area contributed by atoms with Gasteiger partial charge >= 0.3 is 19.8 Å². The minimum atomic E-state index is -4.64. The van der Waals surface area contributed by atoms with Crippen molar-refractivity contribution in [3.63, 3.8) is 0 Å². The fraction of sp³-hybridized carbons (Fsp3) is 0.200. The molecule has 0 aromatic carbocycles. The van der Waals surface area contributed by atoms with E-state index >= 15 is 0 Å². The fourth-order valence-electron chi connectivity index (χ4n) is 0.889. The molecular formula is C5H6F2N5O4P. The molecule has 2 heterocycles. The zero-order chi connectivity index (χ0) is 13.3. The fourth-order valence-corrected chi connectivity index (χ4v) is 0.889. The number of nitrogens with zero attached hydrogens (tertiary/aromatic N) is 4. The van der Waals surface area contributed by atoms with Crippen LogP contribution in [0.5, 0.6) is 0 Å². The van der Waals surface area contributed by atoms with Crippen LogP contribution in [0.15, 0.2) is 20.0 Å². The zero-order valence-corrected chi connectivity index (χ0v) is 8.79. The number of rotatable bonds is 0. The van der Waals surface area contributed by atoms with E-state index in [0.717, 1.165) is 6.34 Å². The second-order valence-corrected chi connectivity index (χ2v) is 3.75. The molecule has 2 rings (SSSR count). The Morgan fingerprint density at radius 1 is 1.41 bits per heavy atom. The maximum absolute atomic E-state index is 13.1. The molecule has 2 aliphatic rings. The Labute approximate surface area is 92.4 Å². The summed E-state index contributed by atoms with van der Waals surface area (Å²) in [6.07, 6.45) is -0.184. The molecule has 0 fully saturated rings. The van der Waals surface area contributed by atoms with Gasteiger partial charge in [0.15, 0.2) is 11.5 Å². The molecule has 0 aromatic heterocycles. The lowest BCUT2D eigenvalue weighted by molar-refractivity contribution is 0.275. The summed E-state index contributed by atoms with van der Waals surface area (Å²) in [6, 6.07) is 0. The van der Waals surface area contributed by atoms with E-state index < -0.39 is 19.8 Å². The van der Waals surface area contributed by atoms with Crippen molar-refractivity contribution in [3.8, 4) is 0 Å². The van der Waals surface area contributed by atoms with Gasteiger partial charge in [0.25, 0.3) is 0 Å². The Kier molecular flexibility index (Phi) is 3.59. The third kappa shape index (κ3) is 4.17. The number of fused-ring (bicyclic) bond motifs is 1.